The normalized spacial score (nSPS) is 11.6. The van der Waals surface area contributed by atoms with Gasteiger partial charge in [-0.1, -0.05) is 66.4 Å². The van der Waals surface area contributed by atoms with Gasteiger partial charge in [-0.25, -0.2) is 4.79 Å². The Morgan fingerprint density at radius 1 is 1.03 bits per heavy atom. The number of benzene rings is 3. The standard InChI is InChI=1S/C25H20N2O4/c1-17-18(8-6-14-24(17)27(29)30)9-7-15-26-25(28)31-16-23-21-12-4-2-10-19(21)20-11-3-5-13-22(20)23/h2-6,8,10-14,23H,15-16H2,1H3,(H,26,28). The quantitative estimate of drug-likeness (QED) is 0.379. The molecule has 0 heterocycles. The van der Waals surface area contributed by atoms with Crippen molar-refractivity contribution < 1.29 is 14.5 Å². The molecule has 0 aromatic heterocycles. The summed E-state index contributed by atoms with van der Waals surface area (Å²) < 4.78 is 5.46. The van der Waals surface area contributed by atoms with Crippen LogP contribution in [0.5, 0.6) is 0 Å². The molecule has 154 valence electrons. The maximum atomic E-state index is 12.2. The number of hydrogen-bond acceptors (Lipinski definition) is 4. The van der Waals surface area contributed by atoms with Crippen LogP contribution in [0.3, 0.4) is 0 Å². The van der Waals surface area contributed by atoms with Crippen molar-refractivity contribution in [2.24, 2.45) is 0 Å². The van der Waals surface area contributed by atoms with E-state index in [9.17, 15) is 14.9 Å². The monoisotopic (exact) mass is 412 g/mol. The minimum absolute atomic E-state index is 0.00301. The van der Waals surface area contributed by atoms with Crippen molar-refractivity contribution >= 4 is 11.8 Å². The van der Waals surface area contributed by atoms with E-state index < -0.39 is 11.0 Å². The van der Waals surface area contributed by atoms with Gasteiger partial charge >= 0.3 is 6.09 Å². The number of amides is 1. The molecule has 3 aromatic rings. The SMILES string of the molecule is Cc1c(C#CCNC(=O)OCC2c3ccccc3-c3ccccc32)cccc1[N+](=O)[O-]. The Labute approximate surface area is 180 Å². The molecule has 0 radical (unpaired) electrons. The third-order valence-corrected chi connectivity index (χ3v) is 5.39. The summed E-state index contributed by atoms with van der Waals surface area (Å²) in [5, 5.41) is 13.6. The van der Waals surface area contributed by atoms with Gasteiger partial charge < -0.3 is 10.1 Å². The molecule has 1 aliphatic carbocycles. The largest absolute Gasteiger partial charge is 0.449 e. The lowest BCUT2D eigenvalue weighted by atomic mass is 9.98. The topological polar surface area (TPSA) is 81.5 Å². The molecule has 6 nitrogen and oxygen atoms in total. The van der Waals surface area contributed by atoms with Crippen LogP contribution in [0, 0.1) is 28.9 Å². The van der Waals surface area contributed by atoms with Crippen LogP contribution in [-0.4, -0.2) is 24.2 Å². The highest BCUT2D eigenvalue weighted by molar-refractivity contribution is 5.79. The number of nitrogens with one attached hydrogen (secondary N) is 1. The number of nitro groups is 1. The Morgan fingerprint density at radius 2 is 1.68 bits per heavy atom. The van der Waals surface area contributed by atoms with Crippen molar-refractivity contribution in [3.8, 4) is 23.0 Å². The van der Waals surface area contributed by atoms with Gasteiger partial charge in [0, 0.05) is 23.1 Å². The Bertz CT molecular complexity index is 1180. The van der Waals surface area contributed by atoms with E-state index in [0.717, 1.165) is 11.1 Å². The summed E-state index contributed by atoms with van der Waals surface area (Å²) in [5.41, 5.74) is 5.73. The van der Waals surface area contributed by atoms with Crippen LogP contribution in [0.4, 0.5) is 10.5 Å². The molecule has 6 heteroatoms. The lowest BCUT2D eigenvalue weighted by Gasteiger charge is -2.14. The molecule has 0 spiro atoms. The summed E-state index contributed by atoms with van der Waals surface area (Å²) in [6.45, 7) is 1.97. The summed E-state index contributed by atoms with van der Waals surface area (Å²) in [4.78, 5) is 22.7. The molecule has 1 aliphatic rings. The van der Waals surface area contributed by atoms with Gasteiger partial charge in [0.2, 0.25) is 0 Å². The molecule has 0 unspecified atom stereocenters. The zero-order valence-corrected chi connectivity index (χ0v) is 16.9. The highest BCUT2D eigenvalue weighted by Gasteiger charge is 2.28. The molecule has 31 heavy (non-hydrogen) atoms. The van der Waals surface area contributed by atoms with Crippen LogP contribution < -0.4 is 5.32 Å². The molecule has 0 atom stereocenters. The van der Waals surface area contributed by atoms with Gasteiger partial charge in [-0.3, -0.25) is 10.1 Å². The fraction of sp³-hybridized carbons (Fsp3) is 0.160. The van der Waals surface area contributed by atoms with Crippen LogP contribution in [0.2, 0.25) is 0 Å². The van der Waals surface area contributed by atoms with Crippen molar-refractivity contribution in [2.45, 2.75) is 12.8 Å². The van der Waals surface area contributed by atoms with Crippen LogP contribution in [0.15, 0.2) is 66.7 Å². The van der Waals surface area contributed by atoms with Gasteiger partial charge in [-0.05, 0) is 35.2 Å². The van der Waals surface area contributed by atoms with E-state index in [4.69, 9.17) is 4.74 Å². The lowest BCUT2D eigenvalue weighted by molar-refractivity contribution is -0.385. The summed E-state index contributed by atoms with van der Waals surface area (Å²) in [5.74, 6) is 5.67. The second-order valence-electron chi connectivity index (χ2n) is 7.19. The molecule has 1 N–H and O–H groups in total. The van der Waals surface area contributed by atoms with E-state index in [2.05, 4.69) is 41.4 Å². The van der Waals surface area contributed by atoms with E-state index in [-0.39, 0.29) is 24.8 Å². The van der Waals surface area contributed by atoms with Gasteiger partial charge in [0.05, 0.1) is 11.5 Å². The highest BCUT2D eigenvalue weighted by Crippen LogP contribution is 2.44. The molecule has 0 saturated carbocycles. The van der Waals surface area contributed by atoms with Crippen LogP contribution in [0.25, 0.3) is 11.1 Å². The van der Waals surface area contributed by atoms with Gasteiger partial charge in [-0.2, -0.15) is 0 Å². The number of carbonyl (C=O) groups excluding carboxylic acids is 1. The summed E-state index contributed by atoms with van der Waals surface area (Å²) in [7, 11) is 0. The molecule has 0 bridgehead atoms. The Morgan fingerprint density at radius 3 is 2.32 bits per heavy atom. The predicted octanol–water partition coefficient (Wildman–Crippen LogP) is 4.79. The Balaban J connectivity index is 1.36. The molecule has 0 fully saturated rings. The maximum absolute atomic E-state index is 12.2. The zero-order valence-electron chi connectivity index (χ0n) is 16.9. The van der Waals surface area contributed by atoms with Gasteiger partial charge in [0.15, 0.2) is 0 Å². The number of ether oxygens (including phenoxy) is 1. The number of nitro benzene ring substituents is 1. The third-order valence-electron chi connectivity index (χ3n) is 5.39. The lowest BCUT2D eigenvalue weighted by Crippen LogP contribution is -2.26. The molecular weight excluding hydrogens is 392 g/mol. The van der Waals surface area contributed by atoms with Crippen LogP contribution in [-0.2, 0) is 4.74 Å². The molecule has 1 amide bonds. The van der Waals surface area contributed by atoms with Crippen molar-refractivity contribution in [3.05, 3.63) is 99.1 Å². The second-order valence-corrected chi connectivity index (χ2v) is 7.19. The number of carbonyl (C=O) groups is 1. The average Bonchev–Trinajstić information content (AvgIpc) is 3.10. The Hall–Kier alpha value is -4.11. The van der Waals surface area contributed by atoms with E-state index in [1.165, 1.54) is 17.2 Å². The number of rotatable bonds is 4. The second kappa shape index (κ2) is 8.72. The molecule has 3 aromatic carbocycles. The first kappa shape index (κ1) is 20.2. The first-order valence-corrected chi connectivity index (χ1v) is 9.88. The molecule has 0 saturated heterocycles. The Kier molecular flexibility index (Phi) is 5.67. The first-order chi connectivity index (χ1) is 15.1. The van der Waals surface area contributed by atoms with Crippen molar-refractivity contribution in [1.29, 1.82) is 0 Å². The molecule has 0 aliphatic heterocycles. The van der Waals surface area contributed by atoms with Crippen molar-refractivity contribution in [2.75, 3.05) is 13.2 Å². The van der Waals surface area contributed by atoms with E-state index >= 15 is 0 Å². The number of hydrogen-bond donors (Lipinski definition) is 1. The zero-order chi connectivity index (χ0) is 21.8. The van der Waals surface area contributed by atoms with E-state index in [1.54, 1.807) is 19.1 Å². The summed E-state index contributed by atoms with van der Waals surface area (Å²) in [6, 6.07) is 21.0. The summed E-state index contributed by atoms with van der Waals surface area (Å²) >= 11 is 0. The minimum Gasteiger partial charge on any atom is -0.449 e. The number of fused-ring (bicyclic) bond motifs is 3. The maximum Gasteiger partial charge on any atom is 0.407 e. The van der Waals surface area contributed by atoms with Gasteiger partial charge in [0.25, 0.3) is 5.69 Å². The van der Waals surface area contributed by atoms with Crippen molar-refractivity contribution in [3.63, 3.8) is 0 Å². The number of alkyl carbamates (subject to hydrolysis) is 1. The average molecular weight is 412 g/mol. The fourth-order valence-corrected chi connectivity index (χ4v) is 3.86. The first-order valence-electron chi connectivity index (χ1n) is 9.88. The highest BCUT2D eigenvalue weighted by atomic mass is 16.6. The van der Waals surface area contributed by atoms with E-state index in [1.807, 2.05) is 24.3 Å². The summed E-state index contributed by atoms with van der Waals surface area (Å²) in [6.07, 6.45) is -0.549. The molecular formula is C25H20N2O4. The van der Waals surface area contributed by atoms with E-state index in [0.29, 0.717) is 11.1 Å². The third kappa shape index (κ3) is 4.12. The van der Waals surface area contributed by atoms with Gasteiger partial charge in [0.1, 0.15) is 6.61 Å². The van der Waals surface area contributed by atoms with Gasteiger partial charge in [-0.15, -0.1) is 0 Å². The minimum atomic E-state index is -0.549. The van der Waals surface area contributed by atoms with Crippen LogP contribution >= 0.6 is 0 Å². The molecule has 4 rings (SSSR count). The van der Waals surface area contributed by atoms with Crippen LogP contribution in [0.1, 0.15) is 28.2 Å². The fourth-order valence-electron chi connectivity index (χ4n) is 3.86. The predicted molar refractivity (Wildman–Crippen MR) is 118 cm³/mol. The smallest absolute Gasteiger partial charge is 0.407 e. The number of nitrogens with zero attached hydrogens (tertiary/aromatic N) is 1. The van der Waals surface area contributed by atoms with Crippen molar-refractivity contribution in [1.82, 2.24) is 5.32 Å².